The average molecular weight is 600 g/mol. The third kappa shape index (κ3) is 5.49. The van der Waals surface area contributed by atoms with Crippen LogP contribution in [0.3, 0.4) is 0 Å². The molecule has 3 atom stereocenters. The molecule has 2 aliphatic rings. The molecule has 0 radical (unpaired) electrons. The second-order valence-corrected chi connectivity index (χ2v) is 10.8. The number of amides is 1. The summed E-state index contributed by atoms with van der Waals surface area (Å²) in [7, 11) is 0. The summed E-state index contributed by atoms with van der Waals surface area (Å²) in [6, 6.07) is 14.8. The number of nitrogens with zero attached hydrogens (tertiary/aromatic N) is 1. The number of ether oxygens (including phenoxy) is 3. The first-order chi connectivity index (χ1) is 19.6. The normalized spacial score (nSPS) is 20.7. The van der Waals surface area contributed by atoms with Gasteiger partial charge in [0.05, 0.1) is 42.9 Å². The Labute approximate surface area is 247 Å². The van der Waals surface area contributed by atoms with Crippen LogP contribution in [-0.2, 0) is 24.7 Å². The van der Waals surface area contributed by atoms with Crippen LogP contribution in [0.15, 0.2) is 60.7 Å². The number of carbonyl (C=O) groups is 3. The lowest BCUT2D eigenvalue weighted by Gasteiger charge is -2.44. The van der Waals surface area contributed by atoms with Crippen molar-refractivity contribution in [3.05, 3.63) is 104 Å². The van der Waals surface area contributed by atoms with Crippen LogP contribution in [0, 0.1) is 5.82 Å². The molecule has 0 bridgehead atoms. The van der Waals surface area contributed by atoms with E-state index in [1.807, 2.05) is 0 Å². The van der Waals surface area contributed by atoms with E-state index in [9.17, 15) is 14.4 Å². The van der Waals surface area contributed by atoms with E-state index in [4.69, 9.17) is 37.4 Å². The monoisotopic (exact) mass is 599 g/mol. The van der Waals surface area contributed by atoms with Gasteiger partial charge in [0, 0.05) is 27.8 Å². The van der Waals surface area contributed by atoms with Crippen molar-refractivity contribution in [1.29, 1.82) is 0 Å². The molecule has 0 spiro atoms. The van der Waals surface area contributed by atoms with Gasteiger partial charge in [0.1, 0.15) is 5.82 Å². The zero-order valence-corrected chi connectivity index (χ0v) is 24.0. The SMILES string of the molecule is CCOC(=O)CC(c1ccc(Cl)cc1)N1C(=O)c2cc(C(C)=O)cc(F)c2[C@]1(O[C@H]1CCOC1)c1ccc(Cl)cc1. The molecule has 0 N–H and O–H groups in total. The van der Waals surface area contributed by atoms with Crippen molar-refractivity contribution >= 4 is 40.9 Å². The summed E-state index contributed by atoms with van der Waals surface area (Å²) in [5.74, 6) is -2.36. The number of rotatable bonds is 9. The lowest BCUT2D eigenvalue weighted by molar-refractivity contribution is -0.164. The number of Topliss-reactive ketones (excluding diaryl/α,β-unsaturated/α-hetero) is 1. The van der Waals surface area contributed by atoms with Gasteiger partial charge in [-0.25, -0.2) is 4.39 Å². The molecule has 0 saturated carbocycles. The fraction of sp³-hybridized carbons (Fsp3) is 0.323. The molecular weight excluding hydrogens is 572 g/mol. The maximum atomic E-state index is 16.3. The van der Waals surface area contributed by atoms with Crippen LogP contribution in [0.5, 0.6) is 0 Å². The predicted molar refractivity (Wildman–Crippen MR) is 151 cm³/mol. The van der Waals surface area contributed by atoms with Crippen molar-refractivity contribution in [3.63, 3.8) is 0 Å². The van der Waals surface area contributed by atoms with Gasteiger partial charge in [-0.2, -0.15) is 0 Å². The molecule has 1 fully saturated rings. The Kier molecular flexibility index (Phi) is 8.47. The summed E-state index contributed by atoms with van der Waals surface area (Å²) >= 11 is 12.4. The van der Waals surface area contributed by atoms with E-state index >= 15 is 4.39 Å². The Morgan fingerprint density at radius 3 is 2.34 bits per heavy atom. The number of hydrogen-bond donors (Lipinski definition) is 0. The number of ketones is 1. The van der Waals surface area contributed by atoms with Gasteiger partial charge in [0.15, 0.2) is 5.78 Å². The van der Waals surface area contributed by atoms with Crippen LogP contribution in [0.25, 0.3) is 0 Å². The van der Waals surface area contributed by atoms with E-state index < -0.39 is 41.3 Å². The molecule has 214 valence electrons. The zero-order chi connectivity index (χ0) is 29.3. The Balaban J connectivity index is 1.82. The highest BCUT2D eigenvalue weighted by atomic mass is 35.5. The van der Waals surface area contributed by atoms with Gasteiger partial charge in [-0.05, 0) is 62.2 Å². The smallest absolute Gasteiger partial charge is 0.308 e. The lowest BCUT2D eigenvalue weighted by Crippen LogP contribution is -2.51. The average Bonchev–Trinajstić information content (AvgIpc) is 3.53. The minimum Gasteiger partial charge on any atom is -0.466 e. The van der Waals surface area contributed by atoms with Gasteiger partial charge in [0.25, 0.3) is 5.91 Å². The van der Waals surface area contributed by atoms with Crippen LogP contribution < -0.4 is 0 Å². The molecule has 0 aliphatic carbocycles. The number of halogens is 3. The zero-order valence-electron chi connectivity index (χ0n) is 22.5. The van der Waals surface area contributed by atoms with Crippen LogP contribution in [0.1, 0.15) is 70.1 Å². The van der Waals surface area contributed by atoms with Crippen molar-refractivity contribution in [3.8, 4) is 0 Å². The first-order valence-electron chi connectivity index (χ1n) is 13.3. The fourth-order valence-electron chi connectivity index (χ4n) is 5.49. The Morgan fingerprint density at radius 1 is 1.10 bits per heavy atom. The maximum absolute atomic E-state index is 16.3. The topological polar surface area (TPSA) is 82.1 Å². The van der Waals surface area contributed by atoms with Crippen molar-refractivity contribution in [1.82, 2.24) is 4.90 Å². The summed E-state index contributed by atoms with van der Waals surface area (Å²) in [5, 5.41) is 0.887. The largest absolute Gasteiger partial charge is 0.466 e. The quantitative estimate of drug-likeness (QED) is 0.206. The molecule has 1 amide bonds. The van der Waals surface area contributed by atoms with E-state index in [-0.39, 0.29) is 36.3 Å². The van der Waals surface area contributed by atoms with Crippen LogP contribution >= 0.6 is 23.2 Å². The molecule has 2 aliphatic heterocycles. The maximum Gasteiger partial charge on any atom is 0.308 e. The predicted octanol–water partition coefficient (Wildman–Crippen LogP) is 6.49. The summed E-state index contributed by atoms with van der Waals surface area (Å²) < 4.78 is 34.0. The molecule has 1 saturated heterocycles. The number of fused-ring (bicyclic) bond motifs is 1. The summed E-state index contributed by atoms with van der Waals surface area (Å²) in [6.07, 6.45) is -0.258. The van der Waals surface area contributed by atoms with E-state index in [0.717, 1.165) is 6.07 Å². The summed E-state index contributed by atoms with van der Waals surface area (Å²) in [5.41, 5.74) is -0.917. The number of carbonyl (C=O) groups excluding carboxylic acids is 3. The summed E-state index contributed by atoms with van der Waals surface area (Å²) in [4.78, 5) is 41.2. The molecule has 1 unspecified atom stereocenters. The lowest BCUT2D eigenvalue weighted by atomic mass is 9.89. The molecule has 3 aromatic rings. The Hall–Kier alpha value is -3.30. The third-order valence-corrected chi connectivity index (χ3v) is 7.82. The number of esters is 1. The first kappa shape index (κ1) is 29.2. The fourth-order valence-corrected chi connectivity index (χ4v) is 5.74. The highest BCUT2D eigenvalue weighted by Crippen LogP contribution is 2.52. The number of hydrogen-bond acceptors (Lipinski definition) is 6. The molecule has 5 rings (SSSR count). The number of benzene rings is 3. The van der Waals surface area contributed by atoms with Gasteiger partial charge in [-0.3, -0.25) is 19.3 Å². The first-order valence-corrected chi connectivity index (χ1v) is 14.0. The van der Waals surface area contributed by atoms with Gasteiger partial charge in [-0.1, -0.05) is 47.5 Å². The molecule has 0 aromatic heterocycles. The van der Waals surface area contributed by atoms with Gasteiger partial charge >= 0.3 is 5.97 Å². The van der Waals surface area contributed by atoms with Gasteiger partial charge < -0.3 is 14.2 Å². The third-order valence-electron chi connectivity index (χ3n) is 7.32. The Morgan fingerprint density at radius 2 is 1.76 bits per heavy atom. The van der Waals surface area contributed by atoms with Crippen molar-refractivity contribution in [2.75, 3.05) is 19.8 Å². The second kappa shape index (κ2) is 11.9. The molecule has 2 heterocycles. The molecule has 41 heavy (non-hydrogen) atoms. The Bertz CT molecular complexity index is 1470. The van der Waals surface area contributed by atoms with E-state index in [0.29, 0.717) is 34.2 Å². The minimum atomic E-state index is -1.84. The van der Waals surface area contributed by atoms with Crippen molar-refractivity contribution in [2.24, 2.45) is 0 Å². The van der Waals surface area contributed by atoms with Crippen molar-refractivity contribution < 1.29 is 33.0 Å². The van der Waals surface area contributed by atoms with Crippen LogP contribution in [0.4, 0.5) is 4.39 Å². The van der Waals surface area contributed by atoms with Gasteiger partial charge in [0.2, 0.25) is 5.72 Å². The molecule has 10 heteroatoms. The van der Waals surface area contributed by atoms with E-state index in [2.05, 4.69) is 0 Å². The van der Waals surface area contributed by atoms with E-state index in [1.54, 1.807) is 55.5 Å². The van der Waals surface area contributed by atoms with Crippen molar-refractivity contribution in [2.45, 2.75) is 44.6 Å². The molecule has 7 nitrogen and oxygen atoms in total. The standard InChI is InChI=1S/C31H28Cl2FNO6/c1-3-40-28(37)16-27(19-4-8-22(32)9-5-19)35-30(38)25-14-20(18(2)36)15-26(34)29(25)31(35,41-24-12-13-39-17-24)21-6-10-23(33)11-7-21/h4-11,14-15,24,27H,3,12-13,16-17H2,1-2H3/t24-,27?,31+/m0/s1. The van der Waals surface area contributed by atoms with Crippen LogP contribution in [0.2, 0.25) is 10.0 Å². The molecular formula is C31H28Cl2FNO6. The summed E-state index contributed by atoms with van der Waals surface area (Å²) in [6.45, 7) is 3.77. The van der Waals surface area contributed by atoms with Gasteiger partial charge in [-0.15, -0.1) is 0 Å². The minimum absolute atomic E-state index is 0.0353. The molecule has 3 aromatic carbocycles. The second-order valence-electron chi connectivity index (χ2n) is 9.94. The van der Waals surface area contributed by atoms with Crippen LogP contribution in [-0.4, -0.2) is 48.5 Å². The van der Waals surface area contributed by atoms with E-state index in [1.165, 1.54) is 17.9 Å². The highest BCUT2D eigenvalue weighted by molar-refractivity contribution is 6.30. The highest BCUT2D eigenvalue weighted by Gasteiger charge is 2.58.